The van der Waals surface area contributed by atoms with Crippen LogP contribution in [0.2, 0.25) is 0 Å². The summed E-state index contributed by atoms with van der Waals surface area (Å²) in [5.41, 5.74) is 0. The molecule has 0 aromatic heterocycles. The first-order chi connectivity index (χ1) is 6.76. The smallest absolute Gasteiger partial charge is 0.172 e. The number of nitrogens with zero attached hydrogens (tertiary/aromatic N) is 1. The first-order valence-corrected chi connectivity index (χ1v) is 5.10. The number of aliphatic hydroxyl groups is 1. The zero-order valence-electron chi connectivity index (χ0n) is 8.74. The molecule has 0 spiro atoms. The summed E-state index contributed by atoms with van der Waals surface area (Å²) < 4.78 is 4.77. The van der Waals surface area contributed by atoms with Gasteiger partial charge in [-0.2, -0.15) is 0 Å². The summed E-state index contributed by atoms with van der Waals surface area (Å²) in [6.45, 7) is 2.87. The molecule has 1 N–H and O–H groups in total. The van der Waals surface area contributed by atoms with Crippen LogP contribution in [0.15, 0.2) is 0 Å². The van der Waals surface area contributed by atoms with Crippen molar-refractivity contribution in [2.75, 3.05) is 40.0 Å². The lowest BCUT2D eigenvalue weighted by Gasteiger charge is -2.14. The fourth-order valence-electron chi connectivity index (χ4n) is 1.93. The molecule has 0 aromatic rings. The van der Waals surface area contributed by atoms with E-state index in [4.69, 9.17) is 9.84 Å². The molecule has 0 saturated carbocycles. The summed E-state index contributed by atoms with van der Waals surface area (Å²) in [6.07, 6.45) is 1.95. The maximum Gasteiger partial charge on any atom is 0.172 e. The third kappa shape index (κ3) is 3.74. The van der Waals surface area contributed by atoms with Crippen LogP contribution in [-0.4, -0.2) is 55.7 Å². The lowest BCUT2D eigenvalue weighted by Crippen LogP contribution is -2.29. The highest BCUT2D eigenvalue weighted by Gasteiger charge is 2.23. The van der Waals surface area contributed by atoms with Crippen molar-refractivity contribution in [3.63, 3.8) is 0 Å². The highest BCUT2D eigenvalue weighted by molar-refractivity contribution is 5.81. The van der Waals surface area contributed by atoms with Gasteiger partial charge in [0.2, 0.25) is 0 Å². The molecule has 1 rings (SSSR count). The molecular formula is C10H19NO3. The van der Waals surface area contributed by atoms with Gasteiger partial charge in [-0.1, -0.05) is 0 Å². The van der Waals surface area contributed by atoms with E-state index in [1.54, 1.807) is 0 Å². The Balaban J connectivity index is 2.18. The number of methoxy groups -OCH3 is 1. The molecule has 4 nitrogen and oxygen atoms in total. The lowest BCUT2D eigenvalue weighted by molar-refractivity contribution is -0.123. The van der Waals surface area contributed by atoms with Crippen molar-refractivity contribution in [2.45, 2.75) is 12.8 Å². The Hall–Kier alpha value is -0.450. The van der Waals surface area contributed by atoms with Crippen LogP contribution in [-0.2, 0) is 9.53 Å². The molecule has 1 heterocycles. The Morgan fingerprint density at radius 1 is 1.64 bits per heavy atom. The molecule has 1 aliphatic heterocycles. The van der Waals surface area contributed by atoms with Gasteiger partial charge in [-0.3, -0.25) is 9.69 Å². The monoisotopic (exact) mass is 201 g/mol. The van der Waals surface area contributed by atoms with Crippen molar-refractivity contribution in [3.8, 4) is 0 Å². The van der Waals surface area contributed by atoms with Crippen molar-refractivity contribution in [3.05, 3.63) is 0 Å². The Bertz CT molecular complexity index is 184. The van der Waals surface area contributed by atoms with Gasteiger partial charge >= 0.3 is 0 Å². The van der Waals surface area contributed by atoms with E-state index < -0.39 is 0 Å². The zero-order valence-corrected chi connectivity index (χ0v) is 8.74. The summed E-state index contributed by atoms with van der Waals surface area (Å²) in [4.78, 5) is 13.4. The maximum atomic E-state index is 11.2. The van der Waals surface area contributed by atoms with Gasteiger partial charge in [0.1, 0.15) is 6.61 Å². The van der Waals surface area contributed by atoms with E-state index in [0.29, 0.717) is 12.5 Å². The maximum absolute atomic E-state index is 11.2. The van der Waals surface area contributed by atoms with Crippen molar-refractivity contribution in [1.29, 1.82) is 0 Å². The molecule has 14 heavy (non-hydrogen) atoms. The van der Waals surface area contributed by atoms with Crippen molar-refractivity contribution < 1.29 is 14.6 Å². The van der Waals surface area contributed by atoms with Crippen LogP contribution in [0.1, 0.15) is 12.8 Å². The minimum Gasteiger partial charge on any atom is -0.396 e. The second-order valence-corrected chi connectivity index (χ2v) is 3.87. The highest BCUT2D eigenvalue weighted by Crippen LogP contribution is 2.18. The topological polar surface area (TPSA) is 49.8 Å². The quantitative estimate of drug-likeness (QED) is 0.652. The van der Waals surface area contributed by atoms with Crippen LogP contribution in [0.5, 0.6) is 0 Å². The van der Waals surface area contributed by atoms with E-state index in [1.807, 2.05) is 0 Å². The summed E-state index contributed by atoms with van der Waals surface area (Å²) in [7, 11) is 1.54. The lowest BCUT2D eigenvalue weighted by atomic mass is 10.1. The van der Waals surface area contributed by atoms with Crippen molar-refractivity contribution >= 4 is 5.78 Å². The van der Waals surface area contributed by atoms with Gasteiger partial charge in [-0.15, -0.1) is 0 Å². The molecule has 4 heteroatoms. The number of hydrogen-bond donors (Lipinski definition) is 1. The summed E-state index contributed by atoms with van der Waals surface area (Å²) in [5, 5.41) is 8.77. The third-order valence-corrected chi connectivity index (χ3v) is 2.61. The second kappa shape index (κ2) is 6.11. The average molecular weight is 201 g/mol. The molecule has 1 atom stereocenters. The van der Waals surface area contributed by atoms with Crippen molar-refractivity contribution in [2.24, 2.45) is 5.92 Å². The number of hydrogen-bond acceptors (Lipinski definition) is 4. The molecule has 1 unspecified atom stereocenters. The van der Waals surface area contributed by atoms with Gasteiger partial charge < -0.3 is 9.84 Å². The minimum absolute atomic E-state index is 0.136. The van der Waals surface area contributed by atoms with Gasteiger partial charge in [-0.05, 0) is 25.3 Å². The molecule has 0 aliphatic carbocycles. The van der Waals surface area contributed by atoms with Crippen molar-refractivity contribution in [1.82, 2.24) is 4.90 Å². The van der Waals surface area contributed by atoms with E-state index >= 15 is 0 Å². The van der Waals surface area contributed by atoms with Gasteiger partial charge in [0, 0.05) is 20.3 Å². The summed E-state index contributed by atoms with van der Waals surface area (Å²) in [5.74, 6) is 0.701. The number of aliphatic hydroxyl groups excluding tert-OH is 1. The van der Waals surface area contributed by atoms with E-state index in [9.17, 15) is 4.79 Å². The number of likely N-dealkylation sites (tertiary alicyclic amines) is 1. The van der Waals surface area contributed by atoms with Crippen LogP contribution in [0.3, 0.4) is 0 Å². The van der Waals surface area contributed by atoms with Crippen LogP contribution < -0.4 is 0 Å². The summed E-state index contributed by atoms with van der Waals surface area (Å²) in [6, 6.07) is 0. The van der Waals surface area contributed by atoms with E-state index in [0.717, 1.165) is 25.9 Å². The first-order valence-electron chi connectivity index (χ1n) is 5.10. The molecular weight excluding hydrogens is 182 g/mol. The van der Waals surface area contributed by atoms with Crippen LogP contribution in [0, 0.1) is 5.92 Å². The number of ether oxygens (including phenoxy) is 1. The normalized spacial score (nSPS) is 22.9. The average Bonchev–Trinajstić information content (AvgIpc) is 2.53. The predicted octanol–water partition coefficient (Wildman–Crippen LogP) is -0.0938. The molecule has 1 aliphatic rings. The fourth-order valence-corrected chi connectivity index (χ4v) is 1.93. The van der Waals surface area contributed by atoms with Crippen LogP contribution in [0.25, 0.3) is 0 Å². The van der Waals surface area contributed by atoms with Gasteiger partial charge in [0.25, 0.3) is 0 Å². The molecule has 0 radical (unpaired) electrons. The number of Topliss-reactive ketones (excluding diaryl/α,β-unsaturated/α-hetero) is 1. The number of ketones is 1. The van der Waals surface area contributed by atoms with E-state index in [2.05, 4.69) is 4.90 Å². The Kier molecular flexibility index (Phi) is 5.07. The Morgan fingerprint density at radius 2 is 2.43 bits per heavy atom. The fraction of sp³-hybridized carbons (Fsp3) is 0.900. The largest absolute Gasteiger partial charge is 0.396 e. The zero-order chi connectivity index (χ0) is 10.4. The number of rotatable bonds is 6. The first kappa shape index (κ1) is 11.6. The molecule has 1 fully saturated rings. The highest BCUT2D eigenvalue weighted by atomic mass is 16.5. The second-order valence-electron chi connectivity index (χ2n) is 3.87. The molecule has 0 amide bonds. The standard InChI is InChI=1S/C10H19NO3/c1-14-8-10(13)7-11-4-2-9(6-11)3-5-12/h9,12H,2-8H2,1H3. The SMILES string of the molecule is COCC(=O)CN1CCC(CCO)C1. The van der Waals surface area contributed by atoms with E-state index in [1.165, 1.54) is 7.11 Å². The molecule has 0 bridgehead atoms. The molecule has 82 valence electrons. The van der Waals surface area contributed by atoms with Gasteiger partial charge in [0.05, 0.1) is 6.54 Å². The van der Waals surface area contributed by atoms with E-state index in [-0.39, 0.29) is 19.0 Å². The summed E-state index contributed by atoms with van der Waals surface area (Å²) >= 11 is 0. The molecule has 0 aromatic carbocycles. The predicted molar refractivity (Wildman–Crippen MR) is 53.1 cm³/mol. The third-order valence-electron chi connectivity index (χ3n) is 2.61. The van der Waals surface area contributed by atoms with Gasteiger partial charge in [0.15, 0.2) is 5.78 Å². The van der Waals surface area contributed by atoms with Crippen LogP contribution >= 0.6 is 0 Å². The Morgan fingerprint density at radius 3 is 3.07 bits per heavy atom. The number of carbonyl (C=O) groups is 1. The molecule has 1 saturated heterocycles. The van der Waals surface area contributed by atoms with Crippen LogP contribution in [0.4, 0.5) is 0 Å². The Labute approximate surface area is 84.8 Å². The number of carbonyl (C=O) groups excluding carboxylic acids is 1. The minimum atomic E-state index is 0.136. The van der Waals surface area contributed by atoms with Gasteiger partial charge in [-0.25, -0.2) is 0 Å².